The number of thioether (sulfide) groups is 1. The summed E-state index contributed by atoms with van der Waals surface area (Å²) in [5, 5.41) is 1.05. The summed E-state index contributed by atoms with van der Waals surface area (Å²) < 4.78 is 0. The van der Waals surface area contributed by atoms with E-state index in [4.69, 9.17) is 0 Å². The first-order valence-electron chi connectivity index (χ1n) is 7.74. The van der Waals surface area contributed by atoms with Gasteiger partial charge in [-0.05, 0) is 42.4 Å². The third-order valence-electron chi connectivity index (χ3n) is 3.97. The van der Waals surface area contributed by atoms with E-state index >= 15 is 0 Å². The molecule has 4 heteroatoms. The zero-order valence-corrected chi connectivity index (χ0v) is 13.6. The molecule has 1 aromatic carbocycles. The zero-order chi connectivity index (χ0) is 15.4. The SMILES string of the molecule is CCSc1ccc(C2CCCN2C(=O)c2ccccc2)cn1. The lowest BCUT2D eigenvalue weighted by Gasteiger charge is -2.25. The fourth-order valence-corrected chi connectivity index (χ4v) is 3.51. The lowest BCUT2D eigenvalue weighted by Crippen LogP contribution is -2.30. The van der Waals surface area contributed by atoms with Crippen LogP contribution in [0.15, 0.2) is 53.7 Å². The second-order valence-electron chi connectivity index (χ2n) is 5.39. The molecule has 0 bridgehead atoms. The monoisotopic (exact) mass is 312 g/mol. The van der Waals surface area contributed by atoms with E-state index in [-0.39, 0.29) is 11.9 Å². The van der Waals surface area contributed by atoms with Crippen LogP contribution >= 0.6 is 11.8 Å². The van der Waals surface area contributed by atoms with Crippen LogP contribution in [0.1, 0.15) is 41.7 Å². The van der Waals surface area contributed by atoms with Crippen molar-refractivity contribution in [3.05, 3.63) is 59.8 Å². The van der Waals surface area contributed by atoms with Gasteiger partial charge >= 0.3 is 0 Å². The molecule has 1 fully saturated rings. The van der Waals surface area contributed by atoms with E-state index in [0.717, 1.165) is 41.3 Å². The number of aromatic nitrogens is 1. The molecule has 0 aliphatic carbocycles. The number of carbonyl (C=O) groups excluding carboxylic acids is 1. The molecule has 1 saturated heterocycles. The van der Waals surface area contributed by atoms with Crippen molar-refractivity contribution >= 4 is 17.7 Å². The van der Waals surface area contributed by atoms with Crippen molar-refractivity contribution in [2.24, 2.45) is 0 Å². The van der Waals surface area contributed by atoms with Crippen LogP contribution in [0.3, 0.4) is 0 Å². The van der Waals surface area contributed by atoms with E-state index in [9.17, 15) is 4.79 Å². The van der Waals surface area contributed by atoms with E-state index in [0.29, 0.717) is 0 Å². The van der Waals surface area contributed by atoms with Crippen LogP contribution in [0.5, 0.6) is 0 Å². The highest BCUT2D eigenvalue weighted by atomic mass is 32.2. The number of nitrogens with zero attached hydrogens (tertiary/aromatic N) is 2. The van der Waals surface area contributed by atoms with Crippen LogP contribution in [0.4, 0.5) is 0 Å². The summed E-state index contributed by atoms with van der Waals surface area (Å²) in [7, 11) is 0. The van der Waals surface area contributed by atoms with Crippen molar-refractivity contribution in [3.63, 3.8) is 0 Å². The average Bonchev–Trinajstić information content (AvgIpc) is 3.05. The quantitative estimate of drug-likeness (QED) is 0.794. The molecule has 3 nitrogen and oxygen atoms in total. The Morgan fingerprint density at radius 3 is 2.77 bits per heavy atom. The molecule has 1 aromatic heterocycles. The average molecular weight is 312 g/mol. The predicted octanol–water partition coefficient (Wildman–Crippen LogP) is 4.17. The Hall–Kier alpha value is -1.81. The molecule has 2 aromatic rings. The molecule has 0 spiro atoms. The van der Waals surface area contributed by atoms with Crippen molar-refractivity contribution in [1.29, 1.82) is 0 Å². The van der Waals surface area contributed by atoms with Gasteiger partial charge in [0.05, 0.1) is 11.1 Å². The topological polar surface area (TPSA) is 33.2 Å². The number of carbonyl (C=O) groups is 1. The summed E-state index contributed by atoms with van der Waals surface area (Å²) >= 11 is 1.74. The third kappa shape index (κ3) is 3.17. The smallest absolute Gasteiger partial charge is 0.254 e. The molecule has 114 valence electrons. The van der Waals surface area contributed by atoms with Crippen molar-refractivity contribution in [1.82, 2.24) is 9.88 Å². The lowest BCUT2D eigenvalue weighted by molar-refractivity contribution is 0.0735. The minimum absolute atomic E-state index is 0.120. The molecular weight excluding hydrogens is 292 g/mol. The second kappa shape index (κ2) is 6.97. The van der Waals surface area contributed by atoms with Gasteiger partial charge in [0.1, 0.15) is 0 Å². The summed E-state index contributed by atoms with van der Waals surface area (Å²) in [6.07, 6.45) is 3.99. The second-order valence-corrected chi connectivity index (χ2v) is 6.67. The first-order chi connectivity index (χ1) is 10.8. The molecule has 0 saturated carbocycles. The van der Waals surface area contributed by atoms with Crippen LogP contribution in [0.25, 0.3) is 0 Å². The molecule has 1 unspecified atom stereocenters. The maximum atomic E-state index is 12.7. The number of amides is 1. The standard InChI is InChI=1S/C18H20N2OS/c1-2-22-17-11-10-15(13-19-17)16-9-6-12-20(16)18(21)14-7-4-3-5-8-14/h3-5,7-8,10-11,13,16H,2,6,9,12H2,1H3. The van der Waals surface area contributed by atoms with Crippen molar-refractivity contribution < 1.29 is 4.79 Å². The molecule has 1 aliphatic rings. The van der Waals surface area contributed by atoms with E-state index in [1.54, 1.807) is 11.8 Å². The van der Waals surface area contributed by atoms with E-state index in [1.165, 1.54) is 0 Å². The molecule has 3 rings (SSSR count). The number of likely N-dealkylation sites (tertiary alicyclic amines) is 1. The van der Waals surface area contributed by atoms with Gasteiger partial charge in [0.15, 0.2) is 0 Å². The summed E-state index contributed by atoms with van der Waals surface area (Å²) in [5.41, 5.74) is 1.91. The molecule has 1 aliphatic heterocycles. The molecule has 2 heterocycles. The number of pyridine rings is 1. The minimum atomic E-state index is 0.120. The molecule has 1 amide bonds. The van der Waals surface area contributed by atoms with Crippen LogP contribution in [-0.4, -0.2) is 28.1 Å². The Morgan fingerprint density at radius 1 is 1.27 bits per heavy atom. The number of rotatable bonds is 4. The van der Waals surface area contributed by atoms with Gasteiger partial charge in [0.2, 0.25) is 0 Å². The van der Waals surface area contributed by atoms with Gasteiger partial charge in [-0.25, -0.2) is 4.98 Å². The minimum Gasteiger partial charge on any atom is -0.332 e. The van der Waals surface area contributed by atoms with Gasteiger partial charge < -0.3 is 4.90 Å². The van der Waals surface area contributed by atoms with Crippen molar-refractivity contribution in [3.8, 4) is 0 Å². The number of hydrogen-bond acceptors (Lipinski definition) is 3. The third-order valence-corrected chi connectivity index (χ3v) is 4.80. The van der Waals surface area contributed by atoms with Gasteiger partial charge in [0, 0.05) is 18.3 Å². The Bertz CT molecular complexity index is 627. The highest BCUT2D eigenvalue weighted by Gasteiger charge is 2.30. The molecule has 0 radical (unpaired) electrons. The number of benzene rings is 1. The number of hydrogen-bond donors (Lipinski definition) is 0. The maximum Gasteiger partial charge on any atom is 0.254 e. The zero-order valence-electron chi connectivity index (χ0n) is 12.7. The summed E-state index contributed by atoms with van der Waals surface area (Å²) in [5.74, 6) is 1.14. The Balaban J connectivity index is 1.79. The summed E-state index contributed by atoms with van der Waals surface area (Å²) in [6, 6.07) is 13.9. The van der Waals surface area contributed by atoms with Gasteiger partial charge in [-0.15, -0.1) is 11.8 Å². The summed E-state index contributed by atoms with van der Waals surface area (Å²) in [4.78, 5) is 19.2. The van der Waals surface area contributed by atoms with Gasteiger partial charge in [-0.3, -0.25) is 4.79 Å². The fourth-order valence-electron chi connectivity index (χ4n) is 2.93. The maximum absolute atomic E-state index is 12.7. The normalized spacial score (nSPS) is 17.7. The summed E-state index contributed by atoms with van der Waals surface area (Å²) in [6.45, 7) is 2.95. The van der Waals surface area contributed by atoms with Crippen LogP contribution in [0, 0.1) is 0 Å². The van der Waals surface area contributed by atoms with Gasteiger partial charge in [-0.1, -0.05) is 31.2 Å². The fraction of sp³-hybridized carbons (Fsp3) is 0.333. The highest BCUT2D eigenvalue weighted by Crippen LogP contribution is 2.33. The van der Waals surface area contributed by atoms with Crippen molar-refractivity contribution in [2.75, 3.05) is 12.3 Å². The first-order valence-corrected chi connectivity index (χ1v) is 8.73. The van der Waals surface area contributed by atoms with Crippen LogP contribution < -0.4 is 0 Å². The molecular formula is C18H20N2OS. The molecule has 22 heavy (non-hydrogen) atoms. The van der Waals surface area contributed by atoms with Gasteiger partial charge in [0.25, 0.3) is 5.91 Å². The van der Waals surface area contributed by atoms with Crippen LogP contribution in [-0.2, 0) is 0 Å². The Morgan fingerprint density at radius 2 is 2.09 bits per heavy atom. The van der Waals surface area contributed by atoms with Crippen LogP contribution in [0.2, 0.25) is 0 Å². The molecule has 1 atom stereocenters. The van der Waals surface area contributed by atoms with Gasteiger partial charge in [-0.2, -0.15) is 0 Å². The first kappa shape index (κ1) is 15.1. The van der Waals surface area contributed by atoms with E-state index in [2.05, 4.69) is 24.0 Å². The predicted molar refractivity (Wildman–Crippen MR) is 90.1 cm³/mol. The highest BCUT2D eigenvalue weighted by molar-refractivity contribution is 7.99. The van der Waals surface area contributed by atoms with Crippen molar-refractivity contribution in [2.45, 2.75) is 30.8 Å². The van der Waals surface area contributed by atoms with E-state index in [1.807, 2.05) is 41.4 Å². The lowest BCUT2D eigenvalue weighted by atomic mass is 10.1. The largest absolute Gasteiger partial charge is 0.332 e. The Kier molecular flexibility index (Phi) is 4.78. The van der Waals surface area contributed by atoms with E-state index < -0.39 is 0 Å². The Labute approximate surface area is 135 Å². The molecule has 0 N–H and O–H groups in total.